The van der Waals surface area contributed by atoms with Crippen LogP contribution in [0.1, 0.15) is 15.9 Å². The first kappa shape index (κ1) is 14.2. The van der Waals surface area contributed by atoms with Crippen molar-refractivity contribution in [3.63, 3.8) is 0 Å². The number of hydrogen-bond donors (Lipinski definition) is 2. The zero-order valence-electron chi connectivity index (χ0n) is 11.7. The average Bonchev–Trinajstić information content (AvgIpc) is 2.99. The van der Waals surface area contributed by atoms with E-state index in [9.17, 15) is 4.79 Å². The Hall–Kier alpha value is -2.70. The van der Waals surface area contributed by atoms with Crippen LogP contribution in [0.15, 0.2) is 54.7 Å². The Bertz CT molecular complexity index is 886. The topological polar surface area (TPSA) is 44.9 Å². The van der Waals surface area contributed by atoms with Crippen molar-refractivity contribution in [1.29, 1.82) is 0 Å². The first-order valence-electron chi connectivity index (χ1n) is 6.82. The Kier molecular flexibility index (Phi) is 4.13. The number of nitrogens with one attached hydrogen (secondary N) is 2. The van der Waals surface area contributed by atoms with Gasteiger partial charge in [-0.15, -0.1) is 0 Å². The monoisotopic (exact) mass is 308 g/mol. The van der Waals surface area contributed by atoms with Gasteiger partial charge in [-0.05, 0) is 42.5 Å². The van der Waals surface area contributed by atoms with E-state index in [2.05, 4.69) is 22.1 Å². The van der Waals surface area contributed by atoms with Crippen LogP contribution in [0, 0.1) is 11.8 Å². The van der Waals surface area contributed by atoms with Crippen molar-refractivity contribution in [1.82, 2.24) is 10.3 Å². The summed E-state index contributed by atoms with van der Waals surface area (Å²) in [5.41, 5.74) is 2.46. The van der Waals surface area contributed by atoms with Crippen LogP contribution in [-0.4, -0.2) is 17.4 Å². The second-order valence-corrected chi connectivity index (χ2v) is 5.21. The Morgan fingerprint density at radius 1 is 1.18 bits per heavy atom. The largest absolute Gasteiger partial charge is 0.361 e. The Morgan fingerprint density at radius 2 is 2.09 bits per heavy atom. The molecule has 0 bridgehead atoms. The summed E-state index contributed by atoms with van der Waals surface area (Å²) in [6.45, 7) is 0.288. The molecular formula is C18H13ClN2O. The molecule has 1 aromatic heterocycles. The Morgan fingerprint density at radius 3 is 2.95 bits per heavy atom. The highest BCUT2D eigenvalue weighted by molar-refractivity contribution is 6.30. The van der Waals surface area contributed by atoms with Crippen LogP contribution in [0.5, 0.6) is 0 Å². The number of carbonyl (C=O) groups excluding carboxylic acids is 1. The summed E-state index contributed by atoms with van der Waals surface area (Å²) in [6.07, 6.45) is 1.85. The van der Waals surface area contributed by atoms with E-state index in [1.165, 1.54) is 0 Å². The molecule has 0 spiro atoms. The predicted molar refractivity (Wildman–Crippen MR) is 89.0 cm³/mol. The average molecular weight is 309 g/mol. The van der Waals surface area contributed by atoms with Crippen molar-refractivity contribution < 1.29 is 4.79 Å². The highest BCUT2D eigenvalue weighted by Crippen LogP contribution is 2.14. The standard InChI is InChI=1S/C18H13ClN2O/c19-16-5-1-3-13(11-16)4-2-9-21-18(22)15-6-7-17-14(12-15)8-10-20-17/h1,3,5-8,10-12,20H,9H2,(H,21,22). The number of aromatic nitrogens is 1. The first-order chi connectivity index (χ1) is 10.7. The van der Waals surface area contributed by atoms with E-state index in [0.717, 1.165) is 16.5 Å². The molecule has 4 heteroatoms. The Balaban J connectivity index is 1.63. The number of rotatable bonds is 2. The lowest BCUT2D eigenvalue weighted by atomic mass is 10.1. The van der Waals surface area contributed by atoms with Gasteiger partial charge in [0.05, 0.1) is 6.54 Å². The second-order valence-electron chi connectivity index (χ2n) is 4.77. The van der Waals surface area contributed by atoms with Gasteiger partial charge in [0, 0.05) is 33.2 Å². The van der Waals surface area contributed by atoms with Crippen LogP contribution < -0.4 is 5.32 Å². The fourth-order valence-electron chi connectivity index (χ4n) is 2.13. The van der Waals surface area contributed by atoms with Gasteiger partial charge in [0.2, 0.25) is 0 Å². The van der Waals surface area contributed by atoms with Crippen LogP contribution >= 0.6 is 11.6 Å². The van der Waals surface area contributed by atoms with Crippen LogP contribution in [0.4, 0.5) is 0 Å². The van der Waals surface area contributed by atoms with Crippen LogP contribution in [0.25, 0.3) is 10.9 Å². The smallest absolute Gasteiger partial charge is 0.252 e. The number of carbonyl (C=O) groups is 1. The third-order valence-corrected chi connectivity index (χ3v) is 3.45. The lowest BCUT2D eigenvalue weighted by molar-refractivity contribution is 0.0959. The minimum Gasteiger partial charge on any atom is -0.361 e. The molecule has 3 aromatic rings. The first-order valence-corrected chi connectivity index (χ1v) is 7.20. The number of benzene rings is 2. The van der Waals surface area contributed by atoms with Gasteiger partial charge in [-0.1, -0.05) is 29.5 Å². The summed E-state index contributed by atoms with van der Waals surface area (Å²) in [4.78, 5) is 15.2. The molecule has 0 aliphatic carbocycles. The quantitative estimate of drug-likeness (QED) is 0.698. The molecule has 0 fully saturated rings. The molecule has 22 heavy (non-hydrogen) atoms. The molecular weight excluding hydrogens is 296 g/mol. The molecule has 0 atom stereocenters. The van der Waals surface area contributed by atoms with E-state index >= 15 is 0 Å². The zero-order valence-corrected chi connectivity index (χ0v) is 12.4. The van der Waals surface area contributed by atoms with Crippen LogP contribution in [-0.2, 0) is 0 Å². The SMILES string of the molecule is O=C(NCC#Cc1cccc(Cl)c1)c1ccc2[nH]ccc2c1. The Labute approximate surface area is 133 Å². The molecule has 0 saturated carbocycles. The van der Waals surface area contributed by atoms with Crippen molar-refractivity contribution in [3.8, 4) is 11.8 Å². The molecule has 1 heterocycles. The molecule has 0 saturated heterocycles. The molecule has 2 N–H and O–H groups in total. The van der Waals surface area contributed by atoms with Gasteiger partial charge < -0.3 is 10.3 Å². The number of amides is 1. The van der Waals surface area contributed by atoms with Crippen molar-refractivity contribution in [2.45, 2.75) is 0 Å². The summed E-state index contributed by atoms with van der Waals surface area (Å²) >= 11 is 5.89. The van der Waals surface area contributed by atoms with Crippen LogP contribution in [0.2, 0.25) is 5.02 Å². The van der Waals surface area contributed by atoms with E-state index in [-0.39, 0.29) is 12.5 Å². The third kappa shape index (κ3) is 3.30. The number of fused-ring (bicyclic) bond motifs is 1. The lowest BCUT2D eigenvalue weighted by Crippen LogP contribution is -2.23. The summed E-state index contributed by atoms with van der Waals surface area (Å²) in [6, 6.07) is 14.8. The van der Waals surface area contributed by atoms with Gasteiger partial charge in [-0.25, -0.2) is 0 Å². The van der Waals surface area contributed by atoms with Crippen LogP contribution in [0.3, 0.4) is 0 Å². The van der Waals surface area contributed by atoms with Crippen molar-refractivity contribution in [3.05, 3.63) is 70.9 Å². The summed E-state index contributed by atoms with van der Waals surface area (Å²) in [7, 11) is 0. The van der Waals surface area contributed by atoms with E-state index in [4.69, 9.17) is 11.6 Å². The van der Waals surface area contributed by atoms with Crippen molar-refractivity contribution in [2.75, 3.05) is 6.54 Å². The van der Waals surface area contributed by atoms with Gasteiger partial charge in [-0.3, -0.25) is 4.79 Å². The molecule has 0 unspecified atom stereocenters. The molecule has 0 radical (unpaired) electrons. The van der Waals surface area contributed by atoms with Gasteiger partial charge in [0.25, 0.3) is 5.91 Å². The maximum atomic E-state index is 12.1. The number of H-pyrrole nitrogens is 1. The molecule has 3 nitrogen and oxygen atoms in total. The van der Waals surface area contributed by atoms with Gasteiger partial charge in [0.1, 0.15) is 0 Å². The predicted octanol–water partition coefficient (Wildman–Crippen LogP) is 3.60. The molecule has 0 aliphatic rings. The van der Waals surface area contributed by atoms with Gasteiger partial charge in [-0.2, -0.15) is 0 Å². The highest BCUT2D eigenvalue weighted by Gasteiger charge is 2.05. The maximum Gasteiger partial charge on any atom is 0.252 e. The summed E-state index contributed by atoms with van der Waals surface area (Å²) in [5.74, 6) is 5.74. The normalized spacial score (nSPS) is 10.0. The van der Waals surface area contributed by atoms with Crippen molar-refractivity contribution >= 4 is 28.4 Å². The number of aromatic amines is 1. The fourth-order valence-corrected chi connectivity index (χ4v) is 2.32. The molecule has 0 aliphatic heterocycles. The van der Waals surface area contributed by atoms with E-state index in [1.807, 2.05) is 36.5 Å². The van der Waals surface area contributed by atoms with E-state index in [0.29, 0.717) is 10.6 Å². The zero-order chi connectivity index (χ0) is 15.4. The maximum absolute atomic E-state index is 12.1. The number of halogens is 1. The molecule has 2 aromatic carbocycles. The summed E-state index contributed by atoms with van der Waals surface area (Å²) in [5, 5.41) is 4.45. The minimum atomic E-state index is -0.136. The van der Waals surface area contributed by atoms with Gasteiger partial charge in [0.15, 0.2) is 0 Å². The van der Waals surface area contributed by atoms with E-state index in [1.54, 1.807) is 18.2 Å². The molecule has 108 valence electrons. The van der Waals surface area contributed by atoms with Gasteiger partial charge >= 0.3 is 0 Å². The second kappa shape index (κ2) is 6.38. The lowest BCUT2D eigenvalue weighted by Gasteiger charge is -2.01. The summed E-state index contributed by atoms with van der Waals surface area (Å²) < 4.78 is 0. The highest BCUT2D eigenvalue weighted by atomic mass is 35.5. The fraction of sp³-hybridized carbons (Fsp3) is 0.0556. The minimum absolute atomic E-state index is 0.136. The number of hydrogen-bond acceptors (Lipinski definition) is 1. The third-order valence-electron chi connectivity index (χ3n) is 3.21. The van der Waals surface area contributed by atoms with E-state index < -0.39 is 0 Å². The molecule has 1 amide bonds. The van der Waals surface area contributed by atoms with Crippen molar-refractivity contribution in [2.24, 2.45) is 0 Å². The molecule has 3 rings (SSSR count).